The van der Waals surface area contributed by atoms with Crippen LogP contribution >= 0.6 is 0 Å². The summed E-state index contributed by atoms with van der Waals surface area (Å²) in [6, 6.07) is 22.8. The molecule has 10 nitrogen and oxygen atoms in total. The van der Waals surface area contributed by atoms with Gasteiger partial charge in [0, 0.05) is 18.1 Å². The molecular weight excluding hydrogens is 616 g/mol. The maximum Gasteiger partial charge on any atom is 0.353 e. The molecule has 0 bridgehead atoms. The zero-order chi connectivity index (χ0) is 34.5. The van der Waals surface area contributed by atoms with Crippen molar-refractivity contribution in [3.63, 3.8) is 0 Å². The van der Waals surface area contributed by atoms with Gasteiger partial charge in [-0.25, -0.2) is 9.59 Å². The van der Waals surface area contributed by atoms with E-state index >= 15 is 0 Å². The first-order valence-corrected chi connectivity index (χ1v) is 14.8. The zero-order valence-electron chi connectivity index (χ0n) is 27.7. The summed E-state index contributed by atoms with van der Waals surface area (Å²) in [5.41, 5.74) is 2.77. The third-order valence-corrected chi connectivity index (χ3v) is 7.22. The Hall–Kier alpha value is -5.90. The summed E-state index contributed by atoms with van der Waals surface area (Å²) in [5.74, 6) is 1.97. The SMILES string of the molecule is COc1ccc(/C=C/c2c(/C=C/C(=O)OC(Cc3ccc(OC)c(OC)c3)C(=O)Oc3ccccc3)ccc(OC)c2OC)cc1OC. The van der Waals surface area contributed by atoms with Crippen LogP contribution in [0.1, 0.15) is 22.3 Å². The van der Waals surface area contributed by atoms with Gasteiger partial charge in [-0.3, -0.25) is 0 Å². The molecule has 4 aromatic rings. The van der Waals surface area contributed by atoms with Crippen molar-refractivity contribution in [2.45, 2.75) is 12.5 Å². The molecule has 4 rings (SSSR count). The smallest absolute Gasteiger partial charge is 0.353 e. The number of carbonyl (C=O) groups is 2. The number of ether oxygens (including phenoxy) is 8. The number of benzene rings is 4. The lowest BCUT2D eigenvalue weighted by Gasteiger charge is -2.17. The fourth-order valence-corrected chi connectivity index (χ4v) is 4.82. The molecule has 10 heteroatoms. The highest BCUT2D eigenvalue weighted by Crippen LogP contribution is 2.36. The van der Waals surface area contributed by atoms with Gasteiger partial charge >= 0.3 is 11.9 Å². The molecule has 0 aliphatic rings. The molecule has 48 heavy (non-hydrogen) atoms. The molecular formula is C38H38O10. The average Bonchev–Trinajstić information content (AvgIpc) is 3.12. The summed E-state index contributed by atoms with van der Waals surface area (Å²) in [7, 11) is 9.26. The van der Waals surface area contributed by atoms with Crippen molar-refractivity contribution in [3.05, 3.63) is 107 Å². The highest BCUT2D eigenvalue weighted by Gasteiger charge is 2.26. The molecule has 4 aromatic carbocycles. The number of methoxy groups -OCH3 is 6. The molecule has 0 heterocycles. The van der Waals surface area contributed by atoms with Gasteiger partial charge in [-0.2, -0.15) is 0 Å². The normalized spacial score (nSPS) is 11.5. The quantitative estimate of drug-likeness (QED) is 0.0596. The minimum Gasteiger partial charge on any atom is -0.493 e. The molecule has 0 saturated heterocycles. The first-order chi connectivity index (χ1) is 23.3. The van der Waals surface area contributed by atoms with E-state index < -0.39 is 18.0 Å². The molecule has 0 saturated carbocycles. The van der Waals surface area contributed by atoms with Gasteiger partial charge in [-0.15, -0.1) is 0 Å². The van der Waals surface area contributed by atoms with Crippen molar-refractivity contribution in [3.8, 4) is 40.2 Å². The van der Waals surface area contributed by atoms with Crippen LogP contribution in [0.2, 0.25) is 0 Å². The number of carbonyl (C=O) groups excluding carboxylic acids is 2. The number of rotatable bonds is 15. The Labute approximate surface area is 280 Å². The van der Waals surface area contributed by atoms with Crippen LogP contribution in [-0.2, 0) is 20.7 Å². The molecule has 0 radical (unpaired) electrons. The predicted molar refractivity (Wildman–Crippen MR) is 182 cm³/mol. The lowest BCUT2D eigenvalue weighted by atomic mass is 10.0. The molecule has 0 aliphatic heterocycles. The van der Waals surface area contributed by atoms with E-state index in [0.717, 1.165) is 5.56 Å². The first-order valence-electron chi connectivity index (χ1n) is 14.8. The summed E-state index contributed by atoms with van der Waals surface area (Å²) in [6.45, 7) is 0. The van der Waals surface area contributed by atoms with Crippen LogP contribution in [0.3, 0.4) is 0 Å². The molecule has 0 amide bonds. The van der Waals surface area contributed by atoms with Gasteiger partial charge in [0.15, 0.2) is 34.5 Å². The number of hydrogen-bond acceptors (Lipinski definition) is 10. The van der Waals surface area contributed by atoms with Crippen LogP contribution in [0.4, 0.5) is 0 Å². The van der Waals surface area contributed by atoms with E-state index in [4.69, 9.17) is 37.9 Å². The van der Waals surface area contributed by atoms with Gasteiger partial charge in [0.1, 0.15) is 5.75 Å². The topological polar surface area (TPSA) is 108 Å². The Morgan fingerprint density at radius 3 is 1.90 bits per heavy atom. The first kappa shape index (κ1) is 35.0. The van der Waals surface area contributed by atoms with Crippen LogP contribution < -0.4 is 33.2 Å². The lowest BCUT2D eigenvalue weighted by Crippen LogP contribution is -2.32. The molecule has 1 unspecified atom stereocenters. The Morgan fingerprint density at radius 2 is 1.25 bits per heavy atom. The molecule has 0 N–H and O–H groups in total. The molecule has 0 spiro atoms. The molecule has 0 aliphatic carbocycles. The Kier molecular flexibility index (Phi) is 12.5. The fourth-order valence-electron chi connectivity index (χ4n) is 4.82. The van der Waals surface area contributed by atoms with E-state index in [1.54, 1.807) is 94.1 Å². The average molecular weight is 655 g/mol. The van der Waals surface area contributed by atoms with Gasteiger partial charge in [-0.05, 0) is 71.3 Å². The second-order valence-corrected chi connectivity index (χ2v) is 10.1. The standard InChI is InChI=1S/C38H38O10/c1-41-30-18-13-25(22-33(30)44-4)12-17-29-27(15-20-32(43-3)37(29)46-6)16-21-36(39)48-35(38(40)47-28-10-8-7-9-11-28)24-26-14-19-31(42-2)34(23-26)45-5/h7-23,35H,24H2,1-6H3/b17-12+,21-16+. The fraction of sp³-hybridized carbons (Fsp3) is 0.211. The van der Waals surface area contributed by atoms with Crippen LogP contribution in [-0.4, -0.2) is 60.7 Å². The number of esters is 2. The third kappa shape index (κ3) is 8.88. The van der Waals surface area contributed by atoms with Gasteiger partial charge in [0.05, 0.1) is 42.7 Å². The second-order valence-electron chi connectivity index (χ2n) is 10.1. The molecule has 250 valence electrons. The minimum absolute atomic E-state index is 0.0290. The van der Waals surface area contributed by atoms with E-state index in [-0.39, 0.29) is 6.42 Å². The lowest BCUT2D eigenvalue weighted by molar-refractivity contribution is -0.158. The van der Waals surface area contributed by atoms with Crippen LogP contribution in [0.25, 0.3) is 18.2 Å². The second kappa shape index (κ2) is 17.1. The van der Waals surface area contributed by atoms with Crippen LogP contribution in [0.15, 0.2) is 84.9 Å². The summed E-state index contributed by atoms with van der Waals surface area (Å²) in [5, 5.41) is 0. The monoisotopic (exact) mass is 654 g/mol. The Morgan fingerprint density at radius 1 is 0.625 bits per heavy atom. The van der Waals surface area contributed by atoms with Crippen molar-refractivity contribution in [1.82, 2.24) is 0 Å². The van der Waals surface area contributed by atoms with Crippen molar-refractivity contribution in [2.24, 2.45) is 0 Å². The van der Waals surface area contributed by atoms with Crippen molar-refractivity contribution < 1.29 is 47.5 Å². The highest BCUT2D eigenvalue weighted by molar-refractivity contribution is 5.91. The third-order valence-electron chi connectivity index (χ3n) is 7.22. The van der Waals surface area contributed by atoms with Gasteiger partial charge in [0.2, 0.25) is 6.10 Å². The zero-order valence-corrected chi connectivity index (χ0v) is 27.7. The van der Waals surface area contributed by atoms with E-state index in [1.807, 2.05) is 24.3 Å². The van der Waals surface area contributed by atoms with Crippen LogP contribution in [0, 0.1) is 0 Å². The van der Waals surface area contributed by atoms with E-state index in [9.17, 15) is 9.59 Å². The number of hydrogen-bond donors (Lipinski definition) is 0. The van der Waals surface area contributed by atoms with Crippen LogP contribution in [0.5, 0.6) is 40.2 Å². The molecule has 1 atom stereocenters. The highest BCUT2D eigenvalue weighted by atomic mass is 16.6. The van der Waals surface area contributed by atoms with E-state index in [0.29, 0.717) is 56.9 Å². The molecule has 0 fully saturated rings. The van der Waals surface area contributed by atoms with E-state index in [1.165, 1.54) is 27.4 Å². The predicted octanol–water partition coefficient (Wildman–Crippen LogP) is 6.68. The van der Waals surface area contributed by atoms with E-state index in [2.05, 4.69) is 0 Å². The Bertz CT molecular complexity index is 1760. The largest absolute Gasteiger partial charge is 0.493 e. The van der Waals surface area contributed by atoms with Gasteiger partial charge in [0.25, 0.3) is 0 Å². The van der Waals surface area contributed by atoms with Gasteiger partial charge < -0.3 is 37.9 Å². The minimum atomic E-state index is -1.27. The summed E-state index contributed by atoms with van der Waals surface area (Å²) < 4.78 is 43.9. The summed E-state index contributed by atoms with van der Waals surface area (Å²) in [6.07, 6.45) is 5.29. The maximum atomic E-state index is 13.3. The van der Waals surface area contributed by atoms with Crippen molar-refractivity contribution >= 4 is 30.2 Å². The van der Waals surface area contributed by atoms with Gasteiger partial charge in [-0.1, -0.05) is 42.5 Å². The molecule has 0 aromatic heterocycles. The summed E-state index contributed by atoms with van der Waals surface area (Å²) in [4.78, 5) is 26.5. The number of para-hydroxylation sites is 1. The maximum absolute atomic E-state index is 13.3. The van der Waals surface area contributed by atoms with Crippen molar-refractivity contribution in [2.75, 3.05) is 42.7 Å². The summed E-state index contributed by atoms with van der Waals surface area (Å²) >= 11 is 0. The Balaban J connectivity index is 1.62. The van der Waals surface area contributed by atoms with Crippen molar-refractivity contribution in [1.29, 1.82) is 0 Å².